The van der Waals surface area contributed by atoms with Crippen LogP contribution in [0, 0.1) is 0 Å². The highest BCUT2D eigenvalue weighted by molar-refractivity contribution is 5.76. The smallest absolute Gasteiger partial charge is 0.290 e. The number of aldehydes is 3. The molecule has 0 unspecified atom stereocenters. The Morgan fingerprint density at radius 3 is 1.15 bits per heavy atom. The van der Waals surface area contributed by atoms with Crippen LogP contribution in [0.5, 0.6) is 34.8 Å². The molecule has 0 aliphatic rings. The van der Waals surface area contributed by atoms with Crippen LogP contribution in [0.3, 0.4) is 0 Å². The maximum Gasteiger partial charge on any atom is 0.290 e. The SMILES string of the molecule is O=Cc1ccc(Oc2nnnc(Oc3ccc(C=O)cc3)c2Oc2ccc(C=O)cc2)cc1. The molecule has 0 spiro atoms. The van der Waals surface area contributed by atoms with Gasteiger partial charge in [0.15, 0.2) is 0 Å². The summed E-state index contributed by atoms with van der Waals surface area (Å²) < 4.78 is 17.5. The van der Waals surface area contributed by atoms with Gasteiger partial charge in [0.25, 0.3) is 17.5 Å². The van der Waals surface area contributed by atoms with E-state index >= 15 is 0 Å². The van der Waals surface area contributed by atoms with Gasteiger partial charge in [-0.05, 0) is 78.0 Å². The topological polar surface area (TPSA) is 118 Å². The molecule has 1 heterocycles. The van der Waals surface area contributed by atoms with Gasteiger partial charge in [0, 0.05) is 16.7 Å². The van der Waals surface area contributed by atoms with Gasteiger partial charge in [0.1, 0.15) is 36.1 Å². The molecule has 0 aliphatic heterocycles. The van der Waals surface area contributed by atoms with Crippen LogP contribution in [0.1, 0.15) is 31.1 Å². The summed E-state index contributed by atoms with van der Waals surface area (Å²) in [4.78, 5) is 32.7. The van der Waals surface area contributed by atoms with Gasteiger partial charge in [-0.15, -0.1) is 0 Å². The van der Waals surface area contributed by atoms with Crippen molar-refractivity contribution < 1.29 is 28.6 Å². The molecular weight excluding hydrogens is 426 g/mol. The largest absolute Gasteiger partial charge is 0.446 e. The third-order valence-corrected chi connectivity index (χ3v) is 4.36. The number of ether oxygens (including phenoxy) is 3. The molecule has 9 heteroatoms. The van der Waals surface area contributed by atoms with Crippen LogP contribution in [-0.4, -0.2) is 34.3 Å². The zero-order valence-electron chi connectivity index (χ0n) is 17.0. The minimum absolute atomic E-state index is 0.0304. The molecular formula is C24H15N3O6. The number of hydrogen-bond acceptors (Lipinski definition) is 9. The first-order chi connectivity index (χ1) is 16.2. The molecule has 0 bridgehead atoms. The van der Waals surface area contributed by atoms with Crippen LogP contribution >= 0.6 is 0 Å². The number of carbonyl (C=O) groups excluding carboxylic acids is 3. The number of carbonyl (C=O) groups is 3. The highest BCUT2D eigenvalue weighted by Crippen LogP contribution is 2.40. The number of rotatable bonds is 9. The van der Waals surface area contributed by atoms with Crippen molar-refractivity contribution in [2.45, 2.75) is 0 Å². The first kappa shape index (κ1) is 21.3. The van der Waals surface area contributed by atoms with Crippen molar-refractivity contribution in [2.75, 3.05) is 0 Å². The van der Waals surface area contributed by atoms with Crippen LogP contribution < -0.4 is 14.2 Å². The van der Waals surface area contributed by atoms with E-state index in [0.29, 0.717) is 40.2 Å². The molecule has 33 heavy (non-hydrogen) atoms. The lowest BCUT2D eigenvalue weighted by Gasteiger charge is -2.14. The Balaban J connectivity index is 1.69. The van der Waals surface area contributed by atoms with Gasteiger partial charge in [-0.25, -0.2) is 0 Å². The molecule has 3 aromatic carbocycles. The molecule has 0 aliphatic carbocycles. The molecule has 0 N–H and O–H groups in total. The van der Waals surface area contributed by atoms with Gasteiger partial charge < -0.3 is 14.2 Å². The van der Waals surface area contributed by atoms with Gasteiger partial charge in [-0.3, -0.25) is 14.4 Å². The van der Waals surface area contributed by atoms with E-state index in [9.17, 15) is 14.4 Å². The third-order valence-electron chi connectivity index (χ3n) is 4.36. The Kier molecular flexibility index (Phi) is 6.41. The lowest BCUT2D eigenvalue weighted by molar-refractivity contribution is 0.111. The fourth-order valence-corrected chi connectivity index (χ4v) is 2.69. The van der Waals surface area contributed by atoms with Gasteiger partial charge in [-0.1, -0.05) is 10.2 Å². The highest BCUT2D eigenvalue weighted by atomic mass is 16.6. The monoisotopic (exact) mass is 441 g/mol. The van der Waals surface area contributed by atoms with Crippen molar-refractivity contribution in [1.82, 2.24) is 15.4 Å². The molecule has 0 saturated heterocycles. The van der Waals surface area contributed by atoms with Gasteiger partial charge in [-0.2, -0.15) is 0 Å². The Bertz CT molecular complexity index is 1200. The summed E-state index contributed by atoms with van der Waals surface area (Å²) in [5.41, 5.74) is 1.45. The first-order valence-corrected chi connectivity index (χ1v) is 9.61. The average Bonchev–Trinajstić information content (AvgIpc) is 2.87. The average molecular weight is 441 g/mol. The summed E-state index contributed by atoms with van der Waals surface area (Å²) in [7, 11) is 0. The van der Waals surface area contributed by atoms with E-state index in [1.165, 1.54) is 0 Å². The fourth-order valence-electron chi connectivity index (χ4n) is 2.69. The Labute approximate surface area is 187 Å². The zero-order valence-corrected chi connectivity index (χ0v) is 17.0. The van der Waals surface area contributed by atoms with Gasteiger partial charge in [0.05, 0.1) is 0 Å². The first-order valence-electron chi connectivity index (χ1n) is 9.61. The van der Waals surface area contributed by atoms with Gasteiger partial charge in [0.2, 0.25) is 0 Å². The molecule has 0 saturated carbocycles. The number of aromatic nitrogens is 3. The number of nitrogens with zero attached hydrogens (tertiary/aromatic N) is 3. The molecule has 0 fully saturated rings. The zero-order chi connectivity index (χ0) is 23.0. The molecule has 9 nitrogen and oxygen atoms in total. The Hall–Kier alpha value is -4.92. The van der Waals surface area contributed by atoms with Crippen molar-refractivity contribution in [3.8, 4) is 34.8 Å². The van der Waals surface area contributed by atoms with E-state index in [2.05, 4.69) is 15.4 Å². The van der Waals surface area contributed by atoms with E-state index in [0.717, 1.165) is 12.6 Å². The molecule has 0 amide bonds. The summed E-state index contributed by atoms with van der Waals surface area (Å²) in [5, 5.41) is 11.5. The maximum absolute atomic E-state index is 10.9. The van der Waals surface area contributed by atoms with Crippen LogP contribution in [0.2, 0.25) is 0 Å². The van der Waals surface area contributed by atoms with Crippen LogP contribution in [0.15, 0.2) is 72.8 Å². The van der Waals surface area contributed by atoms with Crippen LogP contribution in [0.4, 0.5) is 0 Å². The van der Waals surface area contributed by atoms with Crippen LogP contribution in [0.25, 0.3) is 0 Å². The Morgan fingerprint density at radius 2 is 0.818 bits per heavy atom. The number of hydrogen-bond donors (Lipinski definition) is 0. The summed E-state index contributed by atoms with van der Waals surface area (Å²) in [6, 6.07) is 19.1. The quantitative estimate of drug-likeness (QED) is 0.341. The van der Waals surface area contributed by atoms with Crippen molar-refractivity contribution in [1.29, 1.82) is 0 Å². The predicted molar refractivity (Wildman–Crippen MR) is 116 cm³/mol. The minimum atomic E-state index is -0.0390. The second-order valence-corrected chi connectivity index (χ2v) is 6.60. The van der Waals surface area contributed by atoms with Crippen molar-refractivity contribution in [2.24, 2.45) is 0 Å². The molecule has 0 atom stereocenters. The van der Waals surface area contributed by atoms with Crippen molar-refractivity contribution >= 4 is 18.9 Å². The van der Waals surface area contributed by atoms with E-state index in [1.54, 1.807) is 72.8 Å². The molecule has 4 rings (SSSR count). The third kappa shape index (κ3) is 5.23. The van der Waals surface area contributed by atoms with Crippen molar-refractivity contribution in [3.63, 3.8) is 0 Å². The lowest BCUT2D eigenvalue weighted by Crippen LogP contribution is -2.01. The van der Waals surface area contributed by atoms with E-state index < -0.39 is 0 Å². The predicted octanol–water partition coefficient (Wildman–Crippen LogP) is 4.69. The molecule has 4 aromatic rings. The van der Waals surface area contributed by atoms with E-state index in [4.69, 9.17) is 14.2 Å². The molecule has 162 valence electrons. The summed E-state index contributed by atoms with van der Waals surface area (Å²) in [6.45, 7) is 0. The number of benzene rings is 3. The summed E-state index contributed by atoms with van der Waals surface area (Å²) in [6.07, 6.45) is 2.15. The van der Waals surface area contributed by atoms with Crippen LogP contribution in [-0.2, 0) is 0 Å². The van der Waals surface area contributed by atoms with Crippen molar-refractivity contribution in [3.05, 3.63) is 89.5 Å². The second-order valence-electron chi connectivity index (χ2n) is 6.60. The summed E-state index contributed by atoms with van der Waals surface area (Å²) >= 11 is 0. The fraction of sp³-hybridized carbons (Fsp3) is 0. The molecule has 0 radical (unpaired) electrons. The highest BCUT2D eigenvalue weighted by Gasteiger charge is 2.20. The van der Waals surface area contributed by atoms with E-state index in [-0.39, 0.29) is 17.5 Å². The maximum atomic E-state index is 10.9. The Morgan fingerprint density at radius 1 is 0.485 bits per heavy atom. The van der Waals surface area contributed by atoms with E-state index in [1.807, 2.05) is 0 Å². The molecule has 1 aromatic heterocycles. The minimum Gasteiger partial charge on any atom is -0.446 e. The van der Waals surface area contributed by atoms with Gasteiger partial charge >= 0.3 is 0 Å². The lowest BCUT2D eigenvalue weighted by atomic mass is 10.2. The standard InChI is InChI=1S/C24H15N3O6/c28-13-16-1-7-19(8-2-16)31-22-23(32-20-9-3-17(14-29)4-10-20)25-27-26-24(22)33-21-11-5-18(15-30)6-12-21/h1-15H. The normalized spacial score (nSPS) is 10.2. The second kappa shape index (κ2) is 9.92. The summed E-state index contributed by atoms with van der Waals surface area (Å²) in [5.74, 6) is 1.08.